The van der Waals surface area contributed by atoms with Crippen LogP contribution in [0.15, 0.2) is 18.2 Å². The largest absolute Gasteiger partial charge is 0.330 e. The van der Waals surface area contributed by atoms with Gasteiger partial charge in [0.15, 0.2) is 0 Å². The molecule has 19 heavy (non-hydrogen) atoms. The Morgan fingerprint density at radius 1 is 1.32 bits per heavy atom. The van der Waals surface area contributed by atoms with Gasteiger partial charge in [-0.3, -0.25) is 4.79 Å². The van der Waals surface area contributed by atoms with Crippen molar-refractivity contribution in [2.75, 3.05) is 11.9 Å². The van der Waals surface area contributed by atoms with Gasteiger partial charge in [0, 0.05) is 12.1 Å². The Morgan fingerprint density at radius 3 is 2.53 bits per heavy atom. The third kappa shape index (κ3) is 5.43. The summed E-state index contributed by atoms with van der Waals surface area (Å²) in [6, 6.07) is 6.05. The summed E-state index contributed by atoms with van der Waals surface area (Å²) in [6.45, 7) is 8.94. The maximum atomic E-state index is 12.0. The van der Waals surface area contributed by atoms with E-state index in [0.717, 1.165) is 17.7 Å². The lowest BCUT2D eigenvalue weighted by atomic mass is 9.94. The highest BCUT2D eigenvalue weighted by Crippen LogP contribution is 2.19. The summed E-state index contributed by atoms with van der Waals surface area (Å²) in [6.07, 6.45) is 1.50. The molecule has 0 radical (unpaired) electrons. The van der Waals surface area contributed by atoms with E-state index in [1.165, 1.54) is 5.56 Å². The molecule has 0 aliphatic rings. The number of anilines is 1. The number of benzene rings is 1. The fourth-order valence-corrected chi connectivity index (χ4v) is 2.35. The zero-order chi connectivity index (χ0) is 14.4. The summed E-state index contributed by atoms with van der Waals surface area (Å²) in [7, 11) is 0. The molecular weight excluding hydrogens is 236 g/mol. The minimum absolute atomic E-state index is 0.0584. The van der Waals surface area contributed by atoms with Crippen molar-refractivity contribution in [2.24, 2.45) is 17.6 Å². The minimum Gasteiger partial charge on any atom is -0.330 e. The lowest BCUT2D eigenvalue weighted by Crippen LogP contribution is -2.23. The first kappa shape index (κ1) is 15.7. The average Bonchev–Trinajstić information content (AvgIpc) is 2.31. The van der Waals surface area contributed by atoms with Crippen LogP contribution in [0.4, 0.5) is 5.69 Å². The lowest BCUT2D eigenvalue weighted by Gasteiger charge is -2.17. The standard InChI is InChI=1S/C16H26N2O/c1-11(2)7-14(10-17)9-16(19)18-15-6-5-12(3)8-13(15)4/h5-6,8,11,14H,7,9-10,17H2,1-4H3,(H,18,19). The van der Waals surface area contributed by atoms with Crippen molar-refractivity contribution in [3.8, 4) is 0 Å². The van der Waals surface area contributed by atoms with Crippen molar-refractivity contribution in [2.45, 2.75) is 40.5 Å². The highest BCUT2D eigenvalue weighted by atomic mass is 16.1. The van der Waals surface area contributed by atoms with Gasteiger partial charge in [-0.15, -0.1) is 0 Å². The van der Waals surface area contributed by atoms with Gasteiger partial charge in [-0.05, 0) is 50.3 Å². The Bertz CT molecular complexity index is 427. The van der Waals surface area contributed by atoms with Crippen molar-refractivity contribution >= 4 is 11.6 Å². The van der Waals surface area contributed by atoms with Crippen LogP contribution >= 0.6 is 0 Å². The minimum atomic E-state index is 0.0584. The van der Waals surface area contributed by atoms with Gasteiger partial charge in [0.25, 0.3) is 0 Å². The van der Waals surface area contributed by atoms with E-state index in [0.29, 0.717) is 18.9 Å². The monoisotopic (exact) mass is 262 g/mol. The van der Waals surface area contributed by atoms with Crippen molar-refractivity contribution in [3.63, 3.8) is 0 Å². The highest BCUT2D eigenvalue weighted by molar-refractivity contribution is 5.91. The summed E-state index contributed by atoms with van der Waals surface area (Å²) in [5.74, 6) is 0.899. The van der Waals surface area contributed by atoms with E-state index in [1.807, 2.05) is 26.0 Å². The fraction of sp³-hybridized carbons (Fsp3) is 0.562. The Morgan fingerprint density at radius 2 is 2.00 bits per heavy atom. The van der Waals surface area contributed by atoms with Crippen LogP contribution in [0.5, 0.6) is 0 Å². The summed E-state index contributed by atoms with van der Waals surface area (Å²) < 4.78 is 0. The second-order valence-corrected chi connectivity index (χ2v) is 5.80. The van der Waals surface area contributed by atoms with Crippen molar-refractivity contribution < 1.29 is 4.79 Å². The molecule has 1 aromatic carbocycles. The fourth-order valence-electron chi connectivity index (χ4n) is 2.35. The lowest BCUT2D eigenvalue weighted by molar-refractivity contribution is -0.117. The van der Waals surface area contributed by atoms with E-state index in [-0.39, 0.29) is 11.8 Å². The third-order valence-corrected chi connectivity index (χ3v) is 3.27. The Labute approximate surface area is 116 Å². The average molecular weight is 262 g/mol. The van der Waals surface area contributed by atoms with Gasteiger partial charge in [0.05, 0.1) is 0 Å². The van der Waals surface area contributed by atoms with Gasteiger partial charge < -0.3 is 11.1 Å². The first-order chi connectivity index (χ1) is 8.92. The molecule has 1 aromatic rings. The van der Waals surface area contributed by atoms with Crippen LogP contribution in [0.2, 0.25) is 0 Å². The normalized spacial score (nSPS) is 12.5. The summed E-state index contributed by atoms with van der Waals surface area (Å²) in [5, 5.41) is 2.98. The molecule has 0 aliphatic carbocycles. The maximum absolute atomic E-state index is 12.0. The van der Waals surface area contributed by atoms with Crippen LogP contribution < -0.4 is 11.1 Å². The van der Waals surface area contributed by atoms with Crippen molar-refractivity contribution in [1.29, 1.82) is 0 Å². The van der Waals surface area contributed by atoms with Gasteiger partial charge >= 0.3 is 0 Å². The molecule has 3 heteroatoms. The number of nitrogens with two attached hydrogens (primary N) is 1. The van der Waals surface area contributed by atoms with Gasteiger partial charge in [-0.1, -0.05) is 31.5 Å². The zero-order valence-electron chi connectivity index (χ0n) is 12.5. The van der Waals surface area contributed by atoms with E-state index in [9.17, 15) is 4.79 Å². The third-order valence-electron chi connectivity index (χ3n) is 3.27. The number of nitrogens with one attached hydrogen (secondary N) is 1. The number of aryl methyl sites for hydroxylation is 2. The van der Waals surface area contributed by atoms with Crippen LogP contribution in [-0.4, -0.2) is 12.5 Å². The molecule has 0 aromatic heterocycles. The van der Waals surface area contributed by atoms with Crippen LogP contribution in [0, 0.1) is 25.7 Å². The molecule has 3 nitrogen and oxygen atoms in total. The molecule has 0 aliphatic heterocycles. The predicted octanol–water partition coefficient (Wildman–Crippen LogP) is 3.25. The van der Waals surface area contributed by atoms with Crippen LogP contribution in [0.3, 0.4) is 0 Å². The smallest absolute Gasteiger partial charge is 0.224 e. The van der Waals surface area contributed by atoms with E-state index < -0.39 is 0 Å². The molecule has 1 atom stereocenters. The van der Waals surface area contributed by atoms with Crippen LogP contribution in [-0.2, 0) is 4.79 Å². The van der Waals surface area contributed by atoms with Gasteiger partial charge in [-0.2, -0.15) is 0 Å². The summed E-state index contributed by atoms with van der Waals surface area (Å²) in [4.78, 5) is 12.0. The van der Waals surface area contributed by atoms with Gasteiger partial charge in [0.2, 0.25) is 5.91 Å². The van der Waals surface area contributed by atoms with Crippen molar-refractivity contribution in [3.05, 3.63) is 29.3 Å². The maximum Gasteiger partial charge on any atom is 0.224 e. The number of rotatable bonds is 6. The van der Waals surface area contributed by atoms with Crippen molar-refractivity contribution in [1.82, 2.24) is 0 Å². The quantitative estimate of drug-likeness (QED) is 0.826. The number of hydrogen-bond acceptors (Lipinski definition) is 2. The van der Waals surface area contributed by atoms with E-state index in [2.05, 4.69) is 25.2 Å². The van der Waals surface area contributed by atoms with Gasteiger partial charge in [-0.25, -0.2) is 0 Å². The molecule has 1 unspecified atom stereocenters. The van der Waals surface area contributed by atoms with Gasteiger partial charge in [0.1, 0.15) is 0 Å². The number of hydrogen-bond donors (Lipinski definition) is 2. The first-order valence-corrected chi connectivity index (χ1v) is 6.99. The van der Waals surface area contributed by atoms with E-state index in [4.69, 9.17) is 5.73 Å². The predicted molar refractivity (Wildman–Crippen MR) is 81.2 cm³/mol. The SMILES string of the molecule is Cc1ccc(NC(=O)CC(CN)CC(C)C)c(C)c1. The summed E-state index contributed by atoms with van der Waals surface area (Å²) in [5.41, 5.74) is 8.93. The second-order valence-electron chi connectivity index (χ2n) is 5.80. The molecule has 1 rings (SSSR count). The topological polar surface area (TPSA) is 55.1 Å². The molecule has 3 N–H and O–H groups in total. The number of amides is 1. The Hall–Kier alpha value is -1.35. The molecule has 0 spiro atoms. The second kappa shape index (κ2) is 7.29. The van der Waals surface area contributed by atoms with Crippen LogP contribution in [0.1, 0.15) is 37.8 Å². The molecule has 106 valence electrons. The molecule has 0 fully saturated rings. The molecule has 0 bridgehead atoms. The van der Waals surface area contributed by atoms with E-state index in [1.54, 1.807) is 0 Å². The molecule has 0 heterocycles. The number of carbonyl (C=O) groups excluding carboxylic acids is 1. The summed E-state index contributed by atoms with van der Waals surface area (Å²) >= 11 is 0. The molecular formula is C16H26N2O. The highest BCUT2D eigenvalue weighted by Gasteiger charge is 2.14. The molecule has 0 saturated heterocycles. The molecule has 1 amide bonds. The zero-order valence-corrected chi connectivity index (χ0v) is 12.5. The van der Waals surface area contributed by atoms with Crippen LogP contribution in [0.25, 0.3) is 0 Å². The number of carbonyl (C=O) groups is 1. The Kier molecular flexibility index (Phi) is 6.03. The van der Waals surface area contributed by atoms with E-state index >= 15 is 0 Å². The first-order valence-electron chi connectivity index (χ1n) is 6.99. The Balaban J connectivity index is 2.59. The molecule has 0 saturated carbocycles.